The first kappa shape index (κ1) is 29.0. The van der Waals surface area contributed by atoms with Crippen molar-refractivity contribution in [1.82, 2.24) is 0 Å². The molecule has 1 atom stereocenters. The number of nitrogens with zero attached hydrogens (tertiary/aromatic N) is 2. The summed E-state index contributed by atoms with van der Waals surface area (Å²) in [5.74, 6) is 0.718. The summed E-state index contributed by atoms with van der Waals surface area (Å²) in [4.78, 5) is 1.70. The van der Waals surface area contributed by atoms with Gasteiger partial charge in [-0.3, -0.25) is 9.11 Å². The zero-order valence-electron chi connectivity index (χ0n) is 21.8. The maximum absolute atomic E-state index is 11.7. The Labute approximate surface area is 244 Å². The Hall–Kier alpha value is -3.52. The third-order valence-electron chi connectivity index (χ3n) is 6.41. The van der Waals surface area contributed by atoms with E-state index in [1.165, 1.54) is 0 Å². The molecule has 0 bridgehead atoms. The molecule has 0 aliphatic carbocycles. The quantitative estimate of drug-likeness (QED) is 0.133. The Bertz CT molecular complexity index is 1790. The van der Waals surface area contributed by atoms with Crippen LogP contribution in [0.5, 0.6) is 5.75 Å². The average molecular weight is 618 g/mol. The van der Waals surface area contributed by atoms with Gasteiger partial charge in [-0.05, 0) is 47.4 Å². The Morgan fingerprint density at radius 2 is 1.90 bits per heavy atom. The Morgan fingerprint density at radius 1 is 1.12 bits per heavy atom. The SMILES string of the molecule is CCC(=Cc1oc2ccc(Cl)cc2[n+]1COS(=O)O)C=C1Oc2ccc(-c3ccccc3)cc2N1CCS(=O)(=O)O. The van der Waals surface area contributed by atoms with E-state index in [2.05, 4.69) is 0 Å². The second kappa shape index (κ2) is 12.1. The molecule has 1 aliphatic heterocycles. The number of fused-ring (bicyclic) bond motifs is 2. The van der Waals surface area contributed by atoms with Crippen LogP contribution in [0, 0.1) is 0 Å². The van der Waals surface area contributed by atoms with Gasteiger partial charge in [0.2, 0.25) is 11.5 Å². The molecule has 4 aromatic rings. The van der Waals surface area contributed by atoms with Crippen LogP contribution in [0.25, 0.3) is 28.3 Å². The molecule has 0 spiro atoms. The van der Waals surface area contributed by atoms with Crippen LogP contribution in [0.4, 0.5) is 5.69 Å². The van der Waals surface area contributed by atoms with E-state index in [1.807, 2.05) is 55.5 Å². The number of benzene rings is 3. The third-order valence-corrected chi connectivity index (χ3v) is 7.65. The highest BCUT2D eigenvalue weighted by Gasteiger charge is 2.29. The van der Waals surface area contributed by atoms with Crippen LogP contribution in [0.1, 0.15) is 19.2 Å². The molecular weight excluding hydrogens is 592 g/mol. The smallest absolute Gasteiger partial charge is 0.376 e. The van der Waals surface area contributed by atoms with Gasteiger partial charge in [0, 0.05) is 23.7 Å². The molecule has 2 heterocycles. The molecule has 0 amide bonds. The highest BCUT2D eigenvalue weighted by molar-refractivity contribution is 7.85. The fourth-order valence-electron chi connectivity index (χ4n) is 4.43. The van der Waals surface area contributed by atoms with Crippen molar-refractivity contribution in [2.24, 2.45) is 0 Å². The molecule has 0 radical (unpaired) electrons. The van der Waals surface area contributed by atoms with E-state index in [1.54, 1.807) is 39.8 Å². The molecule has 2 N–H and O–H groups in total. The van der Waals surface area contributed by atoms with Crippen molar-refractivity contribution in [3.63, 3.8) is 0 Å². The first-order chi connectivity index (χ1) is 19.6. The molecule has 0 saturated heterocycles. The second-order valence-corrected chi connectivity index (χ2v) is 11.8. The fraction of sp³-hybridized carbons (Fsp3) is 0.179. The lowest BCUT2D eigenvalue weighted by molar-refractivity contribution is -0.706. The van der Waals surface area contributed by atoms with Crippen molar-refractivity contribution in [2.75, 3.05) is 17.2 Å². The average Bonchev–Trinajstić information content (AvgIpc) is 3.46. The third kappa shape index (κ3) is 6.87. The highest BCUT2D eigenvalue weighted by Crippen LogP contribution is 2.42. The molecule has 0 fully saturated rings. The molecule has 10 nitrogen and oxygen atoms in total. The molecule has 3 aromatic carbocycles. The minimum absolute atomic E-state index is 0.0494. The van der Waals surface area contributed by atoms with Gasteiger partial charge in [-0.1, -0.05) is 54.9 Å². The van der Waals surface area contributed by atoms with Crippen molar-refractivity contribution in [2.45, 2.75) is 20.1 Å². The first-order valence-electron chi connectivity index (χ1n) is 12.5. The van der Waals surface area contributed by atoms with Crippen molar-refractivity contribution in [1.29, 1.82) is 0 Å². The summed E-state index contributed by atoms with van der Waals surface area (Å²) in [6.07, 6.45) is 4.00. The van der Waals surface area contributed by atoms with E-state index in [0.717, 1.165) is 16.7 Å². The molecule has 214 valence electrons. The number of hydrogen-bond acceptors (Lipinski definition) is 7. The molecule has 1 unspecified atom stereocenters. The molecule has 5 rings (SSSR count). The van der Waals surface area contributed by atoms with Gasteiger partial charge in [0.15, 0.2) is 5.75 Å². The van der Waals surface area contributed by atoms with E-state index in [4.69, 9.17) is 24.9 Å². The van der Waals surface area contributed by atoms with Crippen molar-refractivity contribution < 1.29 is 39.6 Å². The molecule has 1 aliphatic rings. The van der Waals surface area contributed by atoms with Crippen molar-refractivity contribution in [3.8, 4) is 16.9 Å². The van der Waals surface area contributed by atoms with Crippen LogP contribution in [0.2, 0.25) is 5.02 Å². The molecular formula is C28H26ClN2O8S2+. The van der Waals surface area contributed by atoms with Gasteiger partial charge in [-0.15, -0.1) is 4.57 Å². The largest absolute Gasteiger partial charge is 0.439 e. The Morgan fingerprint density at radius 3 is 2.61 bits per heavy atom. The van der Waals surface area contributed by atoms with E-state index in [0.29, 0.717) is 45.8 Å². The lowest BCUT2D eigenvalue weighted by Crippen LogP contribution is -2.37. The van der Waals surface area contributed by atoms with E-state index in [-0.39, 0.29) is 13.3 Å². The van der Waals surface area contributed by atoms with Gasteiger partial charge in [-0.25, -0.2) is 4.18 Å². The van der Waals surface area contributed by atoms with Crippen LogP contribution >= 0.6 is 11.6 Å². The van der Waals surface area contributed by atoms with Crippen LogP contribution in [-0.4, -0.2) is 34.0 Å². The maximum Gasteiger partial charge on any atom is 0.376 e. The minimum Gasteiger partial charge on any atom is -0.439 e. The zero-order chi connectivity index (χ0) is 29.1. The van der Waals surface area contributed by atoms with Crippen molar-refractivity contribution >= 4 is 55.9 Å². The lowest BCUT2D eigenvalue weighted by Gasteiger charge is -2.18. The first-order valence-corrected chi connectivity index (χ1v) is 15.5. The molecule has 0 saturated carbocycles. The summed E-state index contributed by atoms with van der Waals surface area (Å²) in [6.45, 7) is 1.59. The number of aromatic nitrogens is 1. The fourth-order valence-corrected chi connectivity index (χ4v) is 5.21. The predicted molar refractivity (Wildman–Crippen MR) is 156 cm³/mol. The summed E-state index contributed by atoms with van der Waals surface area (Å²) in [6, 6.07) is 20.4. The number of anilines is 1. The summed E-state index contributed by atoms with van der Waals surface area (Å²) in [7, 11) is -4.25. The second-order valence-electron chi connectivity index (χ2n) is 9.09. The molecule has 1 aromatic heterocycles. The Kier molecular flexibility index (Phi) is 8.59. The predicted octanol–water partition coefficient (Wildman–Crippen LogP) is 5.57. The molecule has 13 heteroatoms. The summed E-state index contributed by atoms with van der Waals surface area (Å²) >= 11 is 3.67. The van der Waals surface area contributed by atoms with Crippen LogP contribution in [0.3, 0.4) is 0 Å². The number of allylic oxidation sites excluding steroid dienone is 2. The number of hydrogen-bond donors (Lipinski definition) is 2. The summed E-state index contributed by atoms with van der Waals surface area (Å²) in [5.41, 5.74) is 4.34. The topological polar surface area (TPSA) is 130 Å². The monoisotopic (exact) mass is 617 g/mol. The Balaban J connectivity index is 1.56. The number of halogens is 1. The van der Waals surface area contributed by atoms with Gasteiger partial charge in [0.05, 0.1) is 17.5 Å². The minimum atomic E-state index is -4.25. The van der Waals surface area contributed by atoms with Crippen LogP contribution in [0.15, 0.2) is 88.7 Å². The van der Waals surface area contributed by atoms with Crippen LogP contribution in [-0.2, 0) is 32.4 Å². The van der Waals surface area contributed by atoms with Gasteiger partial charge >= 0.3 is 17.3 Å². The van der Waals surface area contributed by atoms with E-state index in [9.17, 15) is 21.7 Å². The highest BCUT2D eigenvalue weighted by atomic mass is 35.5. The van der Waals surface area contributed by atoms with Gasteiger partial charge < -0.3 is 14.1 Å². The maximum atomic E-state index is 11.7. The number of oxazole rings is 1. The lowest BCUT2D eigenvalue weighted by atomic mass is 10.0. The van der Waals surface area contributed by atoms with E-state index < -0.39 is 27.2 Å². The zero-order valence-corrected chi connectivity index (χ0v) is 24.2. The molecule has 41 heavy (non-hydrogen) atoms. The summed E-state index contributed by atoms with van der Waals surface area (Å²) < 4.78 is 71.8. The number of rotatable bonds is 10. The van der Waals surface area contributed by atoms with Gasteiger partial charge in [0.25, 0.3) is 22.4 Å². The van der Waals surface area contributed by atoms with Gasteiger partial charge in [0.1, 0.15) is 0 Å². The van der Waals surface area contributed by atoms with E-state index >= 15 is 0 Å². The normalized spacial score (nSPS) is 15.4. The van der Waals surface area contributed by atoms with Crippen molar-refractivity contribution in [3.05, 3.63) is 95.2 Å². The van der Waals surface area contributed by atoms with Crippen LogP contribution < -0.4 is 14.2 Å². The number of ether oxygens (including phenoxy) is 1. The summed E-state index contributed by atoms with van der Waals surface area (Å²) in [5, 5.41) is 0.451. The standard InChI is InChI=1S/C28H25ClN2O8S2/c1-2-19(15-28-31(18-37-40(32)33)24-17-22(29)9-11-26(24)39-28)14-27-30(12-13-41(34,35)36)23-16-21(8-10-25(23)38-27)20-6-4-3-5-7-20/h3-11,14-17H,2,12-13,18H2,1H3,(H-,32,33,34,35,36)/p+1. The van der Waals surface area contributed by atoms with Gasteiger partial charge in [-0.2, -0.15) is 12.6 Å².